The summed E-state index contributed by atoms with van der Waals surface area (Å²) in [5.41, 5.74) is 0.578. The standard InChI is InChI=1S/C15H23ClN4O/c1-4-17-14-9-11(8-13(16)18-14)15(21)20(3)10-12-6-5-7-19(12)2/h8-9,12H,4-7,10H2,1-3H3,(H,17,18). The number of hydrogen-bond donors (Lipinski definition) is 1. The molecule has 1 aliphatic rings. The average Bonchev–Trinajstić information content (AvgIpc) is 2.83. The first-order valence-corrected chi connectivity index (χ1v) is 7.76. The van der Waals surface area contributed by atoms with Crippen molar-refractivity contribution in [3.05, 3.63) is 22.8 Å². The van der Waals surface area contributed by atoms with Crippen LogP contribution in [0.1, 0.15) is 30.1 Å². The van der Waals surface area contributed by atoms with Gasteiger partial charge in [0, 0.05) is 31.7 Å². The lowest BCUT2D eigenvalue weighted by Crippen LogP contribution is -2.39. The van der Waals surface area contributed by atoms with Crippen LogP contribution in [0.4, 0.5) is 5.82 Å². The number of likely N-dealkylation sites (tertiary alicyclic amines) is 1. The van der Waals surface area contributed by atoms with Gasteiger partial charge < -0.3 is 15.1 Å². The topological polar surface area (TPSA) is 48.5 Å². The van der Waals surface area contributed by atoms with Gasteiger partial charge in [0.15, 0.2) is 0 Å². The summed E-state index contributed by atoms with van der Waals surface area (Å²) in [6, 6.07) is 3.83. The van der Waals surface area contributed by atoms with Gasteiger partial charge in [-0.15, -0.1) is 0 Å². The highest BCUT2D eigenvalue weighted by atomic mass is 35.5. The molecule has 21 heavy (non-hydrogen) atoms. The number of amides is 1. The first-order valence-electron chi connectivity index (χ1n) is 7.38. The molecule has 1 saturated heterocycles. The van der Waals surface area contributed by atoms with Gasteiger partial charge in [-0.3, -0.25) is 4.79 Å². The number of carbonyl (C=O) groups is 1. The zero-order valence-corrected chi connectivity index (χ0v) is 13.7. The van der Waals surface area contributed by atoms with Crippen molar-refractivity contribution in [2.75, 3.05) is 39.0 Å². The number of nitrogens with zero attached hydrogens (tertiary/aromatic N) is 3. The van der Waals surface area contributed by atoms with Crippen molar-refractivity contribution in [2.45, 2.75) is 25.8 Å². The molecule has 1 amide bonds. The summed E-state index contributed by atoms with van der Waals surface area (Å²) in [6.45, 7) is 4.57. The molecule has 1 unspecified atom stereocenters. The minimum absolute atomic E-state index is 0.0150. The van der Waals surface area contributed by atoms with Crippen LogP contribution in [-0.4, -0.2) is 60.5 Å². The Balaban J connectivity index is 2.07. The number of pyridine rings is 1. The maximum atomic E-state index is 12.5. The predicted molar refractivity (Wildman–Crippen MR) is 86.0 cm³/mol. The van der Waals surface area contributed by atoms with Gasteiger partial charge in [-0.25, -0.2) is 4.98 Å². The van der Waals surface area contributed by atoms with E-state index >= 15 is 0 Å². The molecule has 0 bridgehead atoms. The highest BCUT2D eigenvalue weighted by Gasteiger charge is 2.24. The SMILES string of the molecule is CCNc1cc(C(=O)N(C)CC2CCCN2C)cc(Cl)n1. The van der Waals surface area contributed by atoms with Crippen molar-refractivity contribution in [3.8, 4) is 0 Å². The van der Waals surface area contributed by atoms with Crippen LogP contribution in [0.3, 0.4) is 0 Å². The summed E-state index contributed by atoms with van der Waals surface area (Å²) in [5.74, 6) is 0.624. The number of likely N-dealkylation sites (N-methyl/N-ethyl adjacent to an activating group) is 2. The van der Waals surface area contributed by atoms with Crippen molar-refractivity contribution in [1.82, 2.24) is 14.8 Å². The van der Waals surface area contributed by atoms with E-state index in [9.17, 15) is 4.79 Å². The number of nitrogens with one attached hydrogen (secondary N) is 1. The Labute approximate surface area is 131 Å². The van der Waals surface area contributed by atoms with Crippen LogP contribution >= 0.6 is 11.6 Å². The highest BCUT2D eigenvalue weighted by Crippen LogP contribution is 2.19. The van der Waals surface area contributed by atoms with E-state index in [0.717, 1.165) is 26.1 Å². The van der Waals surface area contributed by atoms with Crippen molar-refractivity contribution >= 4 is 23.3 Å². The monoisotopic (exact) mass is 310 g/mol. The van der Waals surface area contributed by atoms with Crippen molar-refractivity contribution in [1.29, 1.82) is 0 Å². The van der Waals surface area contributed by atoms with Crippen LogP contribution in [0.25, 0.3) is 0 Å². The van der Waals surface area contributed by atoms with E-state index in [2.05, 4.69) is 22.2 Å². The third-order valence-corrected chi connectivity index (χ3v) is 4.10. The zero-order valence-electron chi connectivity index (χ0n) is 12.9. The fraction of sp³-hybridized carbons (Fsp3) is 0.600. The zero-order chi connectivity index (χ0) is 15.4. The summed E-state index contributed by atoms with van der Waals surface area (Å²) in [4.78, 5) is 20.8. The summed E-state index contributed by atoms with van der Waals surface area (Å²) in [5, 5.41) is 3.42. The Hall–Kier alpha value is -1.33. The van der Waals surface area contributed by atoms with E-state index in [4.69, 9.17) is 11.6 Å². The molecule has 2 rings (SSSR count). The molecule has 0 saturated carbocycles. The molecule has 0 aromatic carbocycles. The molecule has 1 aromatic heterocycles. The van der Waals surface area contributed by atoms with Gasteiger partial charge >= 0.3 is 0 Å². The average molecular weight is 311 g/mol. The van der Waals surface area contributed by atoms with Crippen LogP contribution < -0.4 is 5.32 Å². The molecule has 116 valence electrons. The molecular formula is C15H23ClN4O. The molecule has 0 aliphatic carbocycles. The smallest absolute Gasteiger partial charge is 0.253 e. The summed E-state index contributed by atoms with van der Waals surface area (Å²) >= 11 is 6.00. The Morgan fingerprint density at radius 3 is 2.95 bits per heavy atom. The lowest BCUT2D eigenvalue weighted by Gasteiger charge is -2.26. The Bertz CT molecular complexity index is 508. The Kier molecular flexibility index (Phi) is 5.42. The fourth-order valence-electron chi connectivity index (χ4n) is 2.72. The van der Waals surface area contributed by atoms with E-state index in [0.29, 0.717) is 22.6 Å². The summed E-state index contributed by atoms with van der Waals surface area (Å²) < 4.78 is 0. The van der Waals surface area contributed by atoms with E-state index in [1.165, 1.54) is 6.42 Å². The lowest BCUT2D eigenvalue weighted by molar-refractivity contribution is 0.0761. The second kappa shape index (κ2) is 7.09. The van der Waals surface area contributed by atoms with Crippen molar-refractivity contribution < 1.29 is 4.79 Å². The van der Waals surface area contributed by atoms with Crippen LogP contribution in [0.2, 0.25) is 5.15 Å². The van der Waals surface area contributed by atoms with Crippen molar-refractivity contribution in [2.24, 2.45) is 0 Å². The van der Waals surface area contributed by atoms with Crippen LogP contribution in [0.5, 0.6) is 0 Å². The maximum Gasteiger partial charge on any atom is 0.253 e. The molecule has 6 heteroatoms. The van der Waals surface area contributed by atoms with Crippen molar-refractivity contribution in [3.63, 3.8) is 0 Å². The van der Waals surface area contributed by atoms with Gasteiger partial charge in [0.2, 0.25) is 0 Å². The Morgan fingerprint density at radius 1 is 1.57 bits per heavy atom. The molecular weight excluding hydrogens is 288 g/mol. The third-order valence-electron chi connectivity index (χ3n) is 3.90. The normalized spacial score (nSPS) is 18.8. The predicted octanol–water partition coefficient (Wildman–Crippen LogP) is 2.33. The maximum absolute atomic E-state index is 12.5. The second-order valence-corrected chi connectivity index (χ2v) is 5.94. The number of rotatable bonds is 5. The minimum atomic E-state index is -0.0150. The van der Waals surface area contributed by atoms with Gasteiger partial charge in [0.25, 0.3) is 5.91 Å². The number of aromatic nitrogens is 1. The molecule has 0 radical (unpaired) electrons. The molecule has 1 fully saturated rings. The van der Waals surface area contributed by atoms with Gasteiger partial charge in [-0.1, -0.05) is 11.6 Å². The molecule has 5 nitrogen and oxygen atoms in total. The van der Waals surface area contributed by atoms with Crippen LogP contribution in [-0.2, 0) is 0 Å². The van der Waals surface area contributed by atoms with Crippen LogP contribution in [0.15, 0.2) is 12.1 Å². The molecule has 0 spiro atoms. The number of halogens is 1. The first-order chi connectivity index (χ1) is 10.0. The molecule has 1 N–H and O–H groups in total. The first kappa shape index (κ1) is 16.0. The summed E-state index contributed by atoms with van der Waals surface area (Å²) in [6.07, 6.45) is 2.35. The van der Waals surface area contributed by atoms with Gasteiger partial charge in [0.1, 0.15) is 11.0 Å². The number of hydrogen-bond acceptors (Lipinski definition) is 4. The third kappa shape index (κ3) is 4.08. The quantitative estimate of drug-likeness (QED) is 0.848. The van der Waals surface area contributed by atoms with Gasteiger partial charge in [0.05, 0.1) is 0 Å². The van der Waals surface area contributed by atoms with Gasteiger partial charge in [-0.2, -0.15) is 0 Å². The second-order valence-electron chi connectivity index (χ2n) is 5.56. The fourth-order valence-corrected chi connectivity index (χ4v) is 2.93. The molecule has 1 aliphatic heterocycles. The van der Waals surface area contributed by atoms with E-state index in [-0.39, 0.29) is 5.91 Å². The summed E-state index contributed by atoms with van der Waals surface area (Å²) in [7, 11) is 3.96. The molecule has 1 atom stereocenters. The molecule has 2 heterocycles. The van der Waals surface area contributed by atoms with E-state index in [1.54, 1.807) is 17.0 Å². The lowest BCUT2D eigenvalue weighted by atomic mass is 10.2. The molecule has 1 aromatic rings. The largest absolute Gasteiger partial charge is 0.370 e. The minimum Gasteiger partial charge on any atom is -0.370 e. The van der Waals surface area contributed by atoms with Gasteiger partial charge in [-0.05, 0) is 45.5 Å². The Morgan fingerprint density at radius 2 is 2.33 bits per heavy atom. The van der Waals surface area contributed by atoms with E-state index < -0.39 is 0 Å². The number of anilines is 1. The highest BCUT2D eigenvalue weighted by molar-refractivity contribution is 6.29. The van der Waals surface area contributed by atoms with E-state index in [1.807, 2.05) is 14.0 Å². The van der Waals surface area contributed by atoms with Crippen LogP contribution in [0, 0.1) is 0 Å². The number of carbonyl (C=O) groups excluding carboxylic acids is 1.